The first-order valence-corrected chi connectivity index (χ1v) is 17.8. The Morgan fingerprint density at radius 3 is 2.35 bits per heavy atom. The number of para-hydroxylation sites is 1. The van der Waals surface area contributed by atoms with Crippen molar-refractivity contribution >= 4 is 62.2 Å². The predicted octanol–water partition coefficient (Wildman–Crippen LogP) is 6.13. The highest BCUT2D eigenvalue weighted by molar-refractivity contribution is 7.17. The van der Waals surface area contributed by atoms with Gasteiger partial charge in [-0.1, -0.05) is 54.1 Å². The first-order chi connectivity index (χ1) is 25.0. The Bertz CT molecular complexity index is 2530. The van der Waals surface area contributed by atoms with Crippen LogP contribution in [0, 0.1) is 13.8 Å². The average molecular weight is 737 g/mol. The molecule has 6 aromatic rings. The summed E-state index contributed by atoms with van der Waals surface area (Å²) in [5.41, 5.74) is 2.60. The molecule has 3 aromatic carbocycles. The summed E-state index contributed by atoms with van der Waals surface area (Å²) in [6.45, 7) is 2.88. The number of carbonyl (C=O) groups excluding carboxylic acids is 3. The topological polar surface area (TPSA) is 146 Å². The normalized spacial score (nSPS) is 12.4. The number of hydrogen-bond donors (Lipinski definition) is 2. The molecule has 12 nitrogen and oxygen atoms in total. The summed E-state index contributed by atoms with van der Waals surface area (Å²) in [7, 11) is 1.74. The fourth-order valence-corrected chi connectivity index (χ4v) is 7.85. The van der Waals surface area contributed by atoms with Crippen molar-refractivity contribution < 1.29 is 19.1 Å². The van der Waals surface area contributed by atoms with E-state index in [2.05, 4.69) is 15.7 Å². The number of aromatic nitrogens is 4. The second kappa shape index (κ2) is 14.1. The number of ether oxygens (including phenoxy) is 1. The molecule has 0 spiro atoms. The van der Waals surface area contributed by atoms with Crippen molar-refractivity contribution in [3.8, 4) is 11.4 Å². The monoisotopic (exact) mass is 736 g/mol. The minimum Gasteiger partial charge on any atom is -0.451 e. The Morgan fingerprint density at radius 1 is 0.885 bits per heavy atom. The molecule has 0 fully saturated rings. The van der Waals surface area contributed by atoms with Crippen LogP contribution in [0.4, 0.5) is 10.7 Å². The Balaban J connectivity index is 1.14. The number of nitrogens with one attached hydrogen (secondary N) is 2. The van der Waals surface area contributed by atoms with Gasteiger partial charge in [0.2, 0.25) is 0 Å². The molecule has 2 amide bonds. The fourth-order valence-electron chi connectivity index (χ4n) is 6.37. The Labute approximate surface area is 306 Å². The van der Waals surface area contributed by atoms with Crippen LogP contribution < -0.4 is 21.8 Å². The van der Waals surface area contributed by atoms with Gasteiger partial charge in [0.15, 0.2) is 12.3 Å². The Hall–Kier alpha value is -5.79. The van der Waals surface area contributed by atoms with Gasteiger partial charge in [0.1, 0.15) is 10.7 Å². The van der Waals surface area contributed by atoms with Gasteiger partial charge in [-0.25, -0.2) is 9.48 Å². The van der Waals surface area contributed by atoms with Crippen LogP contribution in [0.25, 0.3) is 22.1 Å². The number of hydrogen-bond acceptors (Lipinski definition) is 8. The van der Waals surface area contributed by atoms with Crippen molar-refractivity contribution in [1.82, 2.24) is 19.1 Å². The maximum atomic E-state index is 14.0. The molecular weight excluding hydrogens is 704 g/mol. The van der Waals surface area contributed by atoms with Crippen molar-refractivity contribution in [3.63, 3.8) is 0 Å². The molecule has 2 N–H and O–H groups in total. The number of amides is 2. The molecule has 0 bridgehead atoms. The van der Waals surface area contributed by atoms with Crippen LogP contribution in [-0.2, 0) is 29.4 Å². The second-order valence-electron chi connectivity index (χ2n) is 12.5. The summed E-state index contributed by atoms with van der Waals surface area (Å²) in [6, 6.07) is 20.6. The number of halogens is 1. The van der Waals surface area contributed by atoms with E-state index in [4.69, 9.17) is 16.3 Å². The van der Waals surface area contributed by atoms with Crippen molar-refractivity contribution in [3.05, 3.63) is 131 Å². The smallest absolute Gasteiger partial charge is 0.359 e. The van der Waals surface area contributed by atoms with Gasteiger partial charge in [-0.3, -0.25) is 23.9 Å². The number of anilines is 2. The zero-order chi connectivity index (χ0) is 36.7. The molecule has 0 aliphatic heterocycles. The van der Waals surface area contributed by atoms with E-state index in [1.54, 1.807) is 73.3 Å². The summed E-state index contributed by atoms with van der Waals surface area (Å²) in [4.78, 5) is 68.6. The van der Waals surface area contributed by atoms with Crippen LogP contribution in [0.5, 0.6) is 0 Å². The molecule has 7 rings (SSSR count). The zero-order valence-electron chi connectivity index (χ0n) is 28.5. The van der Waals surface area contributed by atoms with Crippen molar-refractivity contribution in [2.45, 2.75) is 39.5 Å². The highest BCUT2D eigenvalue weighted by Crippen LogP contribution is 2.38. The minimum absolute atomic E-state index is 0.132. The standard InChI is InChI=1S/C38H33ClN6O6S/c1-21-17-18-24(19-28(21)39)44-36(48)26-14-8-7-13-25(26)33(42-44)38(50)51-20-30(46)40-35-31(27-15-9-10-16-29(27)52-35)34(47)41-32-22(2)43(3)45(37(32)49)23-11-5-4-6-12-23/h4-8,11-14,17-19H,9-10,15-16,20H2,1-3H3,(H,40,46)(H,41,47). The minimum atomic E-state index is -0.920. The van der Waals surface area contributed by atoms with Gasteiger partial charge < -0.3 is 15.4 Å². The summed E-state index contributed by atoms with van der Waals surface area (Å²) >= 11 is 7.61. The number of benzene rings is 3. The van der Waals surface area contributed by atoms with Gasteiger partial charge in [-0.2, -0.15) is 9.78 Å². The van der Waals surface area contributed by atoms with Gasteiger partial charge >= 0.3 is 5.97 Å². The molecule has 1 aliphatic rings. The molecule has 264 valence electrons. The van der Waals surface area contributed by atoms with Crippen LogP contribution in [-0.4, -0.2) is 43.5 Å². The Morgan fingerprint density at radius 2 is 1.60 bits per heavy atom. The largest absolute Gasteiger partial charge is 0.451 e. The van der Waals surface area contributed by atoms with Gasteiger partial charge in [0.25, 0.3) is 22.9 Å². The lowest BCUT2D eigenvalue weighted by molar-refractivity contribution is -0.119. The molecule has 3 aromatic heterocycles. The van der Waals surface area contributed by atoms with E-state index in [-0.39, 0.29) is 33.3 Å². The van der Waals surface area contributed by atoms with E-state index < -0.39 is 29.9 Å². The van der Waals surface area contributed by atoms with E-state index in [1.165, 1.54) is 16.0 Å². The fraction of sp³-hybridized carbons (Fsp3) is 0.211. The highest BCUT2D eigenvalue weighted by Gasteiger charge is 2.29. The second-order valence-corrected chi connectivity index (χ2v) is 14.0. The van der Waals surface area contributed by atoms with Crippen molar-refractivity contribution in [1.29, 1.82) is 0 Å². The molecule has 0 unspecified atom stereocenters. The number of fused-ring (bicyclic) bond motifs is 2. The average Bonchev–Trinajstić information content (AvgIpc) is 3.61. The number of aryl methyl sites for hydroxylation is 2. The van der Waals surface area contributed by atoms with Gasteiger partial charge in [-0.15, -0.1) is 11.3 Å². The lowest BCUT2D eigenvalue weighted by atomic mass is 9.95. The molecule has 0 atom stereocenters. The maximum absolute atomic E-state index is 14.0. The number of rotatable bonds is 8. The van der Waals surface area contributed by atoms with E-state index in [9.17, 15) is 24.0 Å². The summed E-state index contributed by atoms with van der Waals surface area (Å²) in [5, 5.41) is 11.1. The maximum Gasteiger partial charge on any atom is 0.359 e. The van der Waals surface area contributed by atoms with Crippen molar-refractivity contribution in [2.75, 3.05) is 17.2 Å². The van der Waals surface area contributed by atoms with Crippen LogP contribution in [0.1, 0.15) is 55.4 Å². The molecule has 0 radical (unpaired) electrons. The predicted molar refractivity (Wildman–Crippen MR) is 201 cm³/mol. The number of esters is 1. The number of thiophene rings is 1. The lowest BCUT2D eigenvalue weighted by Gasteiger charge is -2.13. The van der Waals surface area contributed by atoms with E-state index in [0.29, 0.717) is 33.5 Å². The van der Waals surface area contributed by atoms with Gasteiger partial charge in [0, 0.05) is 22.3 Å². The molecule has 3 heterocycles. The Kier molecular flexibility index (Phi) is 9.38. The molecule has 0 saturated heterocycles. The zero-order valence-corrected chi connectivity index (χ0v) is 30.1. The van der Waals surface area contributed by atoms with Crippen LogP contribution in [0.2, 0.25) is 5.02 Å². The molecule has 52 heavy (non-hydrogen) atoms. The lowest BCUT2D eigenvalue weighted by Crippen LogP contribution is -2.27. The first kappa shape index (κ1) is 34.6. The van der Waals surface area contributed by atoms with E-state index in [1.807, 2.05) is 25.1 Å². The van der Waals surface area contributed by atoms with Crippen LogP contribution in [0.3, 0.4) is 0 Å². The van der Waals surface area contributed by atoms with E-state index >= 15 is 0 Å². The third-order valence-corrected chi connectivity index (χ3v) is 10.8. The summed E-state index contributed by atoms with van der Waals surface area (Å²) in [6.07, 6.45) is 3.20. The third-order valence-electron chi connectivity index (χ3n) is 9.18. The molecule has 14 heteroatoms. The first-order valence-electron chi connectivity index (χ1n) is 16.6. The van der Waals surface area contributed by atoms with Crippen LogP contribution in [0.15, 0.2) is 82.4 Å². The number of nitrogens with zero attached hydrogens (tertiary/aromatic N) is 4. The van der Waals surface area contributed by atoms with E-state index in [0.717, 1.165) is 39.9 Å². The highest BCUT2D eigenvalue weighted by atomic mass is 35.5. The SMILES string of the molecule is Cc1ccc(-n2nc(C(=O)OCC(=O)Nc3sc4c(c3C(=O)Nc3c(C)n(C)n(-c5ccccc5)c3=O)CCCC4)c3ccccc3c2=O)cc1Cl. The van der Waals surface area contributed by atoms with Gasteiger partial charge in [0.05, 0.1) is 28.0 Å². The number of carbonyl (C=O) groups is 3. The molecule has 1 aliphatic carbocycles. The van der Waals surface area contributed by atoms with Crippen LogP contribution >= 0.6 is 22.9 Å². The van der Waals surface area contributed by atoms with Gasteiger partial charge in [-0.05, 0) is 81.0 Å². The quantitative estimate of drug-likeness (QED) is 0.179. The molecule has 0 saturated carbocycles. The summed E-state index contributed by atoms with van der Waals surface area (Å²) in [5.74, 6) is -2.12. The molecular formula is C38H33ClN6O6S. The summed E-state index contributed by atoms with van der Waals surface area (Å²) < 4.78 is 9.66. The van der Waals surface area contributed by atoms with Crippen molar-refractivity contribution in [2.24, 2.45) is 7.05 Å². The third kappa shape index (κ3) is 6.33.